The fourth-order valence-electron chi connectivity index (χ4n) is 2.90. The monoisotopic (exact) mass is 276 g/mol. The molecule has 1 aromatic heterocycles. The molecule has 1 unspecified atom stereocenters. The van der Waals surface area contributed by atoms with Crippen LogP contribution in [0.1, 0.15) is 58.2 Å². The van der Waals surface area contributed by atoms with Gasteiger partial charge in [0.05, 0.1) is 0 Å². The summed E-state index contributed by atoms with van der Waals surface area (Å²) in [6, 6.07) is 0.494. The second-order valence-corrected chi connectivity index (χ2v) is 5.66. The highest BCUT2D eigenvalue weighted by Gasteiger charge is 2.15. The Labute approximate surface area is 122 Å². The lowest BCUT2D eigenvalue weighted by atomic mass is 9.93. The first-order chi connectivity index (χ1) is 9.83. The van der Waals surface area contributed by atoms with Crippen molar-refractivity contribution in [3.8, 4) is 0 Å². The summed E-state index contributed by atoms with van der Waals surface area (Å²) in [7, 11) is 0. The minimum atomic E-state index is 0.494. The highest BCUT2D eigenvalue weighted by Crippen LogP contribution is 2.22. The van der Waals surface area contributed by atoms with Crippen LogP contribution < -0.4 is 5.32 Å². The number of aryl methyl sites for hydroxylation is 1. The molecule has 0 amide bonds. The molecule has 4 nitrogen and oxygen atoms in total. The SMILES string of the molecule is CCCNC(CC1=CCCCC1)Cc1ncnn1CC. The van der Waals surface area contributed by atoms with Crippen LogP contribution in [0.5, 0.6) is 0 Å². The number of rotatable bonds is 8. The Balaban J connectivity index is 1.97. The molecule has 2 rings (SSSR count). The standard InChI is InChI=1S/C16H28N4/c1-3-10-17-15(11-14-8-6-5-7-9-14)12-16-18-13-19-20(16)4-2/h8,13,15,17H,3-7,9-12H2,1-2H3. The van der Waals surface area contributed by atoms with Gasteiger partial charge in [0.25, 0.3) is 0 Å². The van der Waals surface area contributed by atoms with Gasteiger partial charge in [0.1, 0.15) is 12.2 Å². The van der Waals surface area contributed by atoms with Crippen LogP contribution in [0, 0.1) is 0 Å². The molecule has 1 aliphatic carbocycles. The lowest BCUT2D eigenvalue weighted by Crippen LogP contribution is -2.33. The molecule has 0 radical (unpaired) electrons. The van der Waals surface area contributed by atoms with E-state index < -0.39 is 0 Å². The van der Waals surface area contributed by atoms with Crippen molar-refractivity contribution < 1.29 is 0 Å². The average molecular weight is 276 g/mol. The Morgan fingerprint density at radius 3 is 2.90 bits per heavy atom. The van der Waals surface area contributed by atoms with Gasteiger partial charge >= 0.3 is 0 Å². The molecule has 1 N–H and O–H groups in total. The first-order valence-corrected chi connectivity index (χ1v) is 8.11. The number of allylic oxidation sites excluding steroid dienone is 1. The molecule has 1 heterocycles. The summed E-state index contributed by atoms with van der Waals surface area (Å²) >= 11 is 0. The topological polar surface area (TPSA) is 42.7 Å². The van der Waals surface area contributed by atoms with Crippen LogP contribution in [0.15, 0.2) is 18.0 Å². The second-order valence-electron chi connectivity index (χ2n) is 5.66. The third kappa shape index (κ3) is 4.44. The quantitative estimate of drug-likeness (QED) is 0.742. The van der Waals surface area contributed by atoms with Crippen molar-refractivity contribution in [2.24, 2.45) is 0 Å². The summed E-state index contributed by atoms with van der Waals surface area (Å²) in [5, 5.41) is 7.96. The van der Waals surface area contributed by atoms with Crippen molar-refractivity contribution in [1.29, 1.82) is 0 Å². The number of hydrogen-bond acceptors (Lipinski definition) is 3. The highest BCUT2D eigenvalue weighted by atomic mass is 15.3. The first kappa shape index (κ1) is 15.2. The molecule has 1 aromatic rings. The van der Waals surface area contributed by atoms with E-state index in [4.69, 9.17) is 0 Å². The third-order valence-corrected chi connectivity index (χ3v) is 4.00. The second kappa shape index (κ2) is 8.20. The van der Waals surface area contributed by atoms with E-state index in [-0.39, 0.29) is 0 Å². The van der Waals surface area contributed by atoms with Gasteiger partial charge in [0, 0.05) is 19.0 Å². The van der Waals surface area contributed by atoms with Crippen molar-refractivity contribution in [3.63, 3.8) is 0 Å². The van der Waals surface area contributed by atoms with Crippen LogP contribution in [0.2, 0.25) is 0 Å². The fourth-order valence-corrected chi connectivity index (χ4v) is 2.90. The van der Waals surface area contributed by atoms with Crippen molar-refractivity contribution in [2.75, 3.05) is 6.54 Å². The van der Waals surface area contributed by atoms with Crippen molar-refractivity contribution in [3.05, 3.63) is 23.8 Å². The van der Waals surface area contributed by atoms with E-state index in [2.05, 4.69) is 35.3 Å². The Bertz CT molecular complexity index is 422. The summed E-state index contributed by atoms with van der Waals surface area (Å²) in [6.45, 7) is 6.32. The van der Waals surface area contributed by atoms with Crippen LogP contribution in [-0.2, 0) is 13.0 Å². The number of nitrogens with one attached hydrogen (secondary N) is 1. The van der Waals surface area contributed by atoms with Crippen molar-refractivity contribution in [2.45, 2.75) is 71.4 Å². The predicted octanol–water partition coefficient (Wildman–Crippen LogP) is 3.10. The Morgan fingerprint density at radius 2 is 2.20 bits per heavy atom. The lowest BCUT2D eigenvalue weighted by molar-refractivity contribution is 0.467. The molecule has 1 aliphatic rings. The highest BCUT2D eigenvalue weighted by molar-refractivity contribution is 5.08. The van der Waals surface area contributed by atoms with Crippen LogP contribution in [0.4, 0.5) is 0 Å². The van der Waals surface area contributed by atoms with Gasteiger partial charge in [-0.25, -0.2) is 4.98 Å². The van der Waals surface area contributed by atoms with E-state index in [9.17, 15) is 0 Å². The van der Waals surface area contributed by atoms with Crippen LogP contribution in [0.3, 0.4) is 0 Å². The summed E-state index contributed by atoms with van der Waals surface area (Å²) < 4.78 is 2.01. The fraction of sp³-hybridized carbons (Fsp3) is 0.750. The summed E-state index contributed by atoms with van der Waals surface area (Å²) in [5.74, 6) is 1.11. The number of nitrogens with zero attached hydrogens (tertiary/aromatic N) is 3. The zero-order chi connectivity index (χ0) is 14.2. The van der Waals surface area contributed by atoms with Crippen LogP contribution >= 0.6 is 0 Å². The van der Waals surface area contributed by atoms with E-state index in [1.807, 2.05) is 4.68 Å². The lowest BCUT2D eigenvalue weighted by Gasteiger charge is -2.22. The van der Waals surface area contributed by atoms with E-state index in [0.29, 0.717) is 6.04 Å². The average Bonchev–Trinajstić information content (AvgIpc) is 2.93. The maximum atomic E-state index is 4.42. The molecule has 1 atom stereocenters. The molecule has 20 heavy (non-hydrogen) atoms. The van der Waals surface area contributed by atoms with E-state index in [1.165, 1.54) is 32.1 Å². The third-order valence-electron chi connectivity index (χ3n) is 4.00. The van der Waals surface area contributed by atoms with Crippen LogP contribution in [0.25, 0.3) is 0 Å². The summed E-state index contributed by atoms with van der Waals surface area (Å²) in [6.07, 6.45) is 12.7. The number of aromatic nitrogens is 3. The zero-order valence-electron chi connectivity index (χ0n) is 12.9. The molecule has 0 saturated carbocycles. The van der Waals surface area contributed by atoms with Gasteiger partial charge in [0.2, 0.25) is 0 Å². The van der Waals surface area contributed by atoms with Crippen molar-refractivity contribution >= 4 is 0 Å². The molecule has 112 valence electrons. The summed E-state index contributed by atoms with van der Waals surface area (Å²) in [5.41, 5.74) is 1.63. The van der Waals surface area contributed by atoms with Gasteiger partial charge in [-0.1, -0.05) is 18.6 Å². The molecular formula is C16H28N4. The largest absolute Gasteiger partial charge is 0.313 e. The van der Waals surface area contributed by atoms with Crippen molar-refractivity contribution in [1.82, 2.24) is 20.1 Å². The maximum Gasteiger partial charge on any atom is 0.138 e. The molecule has 4 heteroatoms. The molecule has 0 aromatic carbocycles. The first-order valence-electron chi connectivity index (χ1n) is 8.11. The van der Waals surface area contributed by atoms with E-state index in [1.54, 1.807) is 11.9 Å². The minimum Gasteiger partial charge on any atom is -0.313 e. The normalized spacial score (nSPS) is 17.0. The van der Waals surface area contributed by atoms with E-state index in [0.717, 1.165) is 31.8 Å². The predicted molar refractivity (Wildman–Crippen MR) is 82.6 cm³/mol. The zero-order valence-corrected chi connectivity index (χ0v) is 12.9. The Morgan fingerprint density at radius 1 is 1.30 bits per heavy atom. The van der Waals surface area contributed by atoms with Crippen LogP contribution in [-0.4, -0.2) is 27.4 Å². The summed E-state index contributed by atoms with van der Waals surface area (Å²) in [4.78, 5) is 4.42. The van der Waals surface area contributed by atoms with Gasteiger partial charge in [-0.2, -0.15) is 5.10 Å². The molecular weight excluding hydrogens is 248 g/mol. The van der Waals surface area contributed by atoms with Gasteiger partial charge in [-0.05, 0) is 52.0 Å². The van der Waals surface area contributed by atoms with Gasteiger partial charge in [0.15, 0.2) is 0 Å². The molecule has 0 bridgehead atoms. The molecule has 0 aliphatic heterocycles. The molecule has 0 spiro atoms. The maximum absolute atomic E-state index is 4.42. The van der Waals surface area contributed by atoms with E-state index >= 15 is 0 Å². The van der Waals surface area contributed by atoms with Gasteiger partial charge < -0.3 is 5.32 Å². The van der Waals surface area contributed by atoms with Gasteiger partial charge in [-0.15, -0.1) is 0 Å². The van der Waals surface area contributed by atoms with Gasteiger partial charge in [-0.3, -0.25) is 4.68 Å². The minimum absolute atomic E-state index is 0.494. The Kier molecular flexibility index (Phi) is 6.25. The molecule has 0 saturated heterocycles. The molecule has 0 fully saturated rings. The Hall–Kier alpha value is -1.16. The smallest absolute Gasteiger partial charge is 0.138 e. The number of hydrogen-bond donors (Lipinski definition) is 1.